The highest BCUT2D eigenvalue weighted by Gasteiger charge is 2.19. The molecule has 8 heteroatoms. The Morgan fingerprint density at radius 1 is 0.943 bits per heavy atom. The van der Waals surface area contributed by atoms with Crippen molar-refractivity contribution in [1.29, 1.82) is 0 Å². The molecular formula is C27H26BrN3O3S. The van der Waals surface area contributed by atoms with Gasteiger partial charge in [0.25, 0.3) is 11.8 Å². The van der Waals surface area contributed by atoms with Crippen LogP contribution in [0.2, 0.25) is 0 Å². The summed E-state index contributed by atoms with van der Waals surface area (Å²) >= 11 is 8.80. The molecule has 4 rings (SSSR count). The van der Waals surface area contributed by atoms with E-state index in [0.29, 0.717) is 33.6 Å². The number of amides is 2. The number of hydrogen-bond donors (Lipinski definition) is 2. The van der Waals surface area contributed by atoms with E-state index >= 15 is 0 Å². The number of hydrogen-bond acceptors (Lipinski definition) is 4. The van der Waals surface area contributed by atoms with Gasteiger partial charge in [0.15, 0.2) is 5.11 Å². The maximum atomic E-state index is 12.7. The van der Waals surface area contributed by atoms with Crippen LogP contribution < -0.4 is 15.4 Å². The molecule has 1 aliphatic heterocycles. The van der Waals surface area contributed by atoms with E-state index in [9.17, 15) is 9.59 Å². The van der Waals surface area contributed by atoms with Gasteiger partial charge in [-0.05, 0) is 83.0 Å². The van der Waals surface area contributed by atoms with Crippen molar-refractivity contribution in [3.8, 4) is 5.75 Å². The van der Waals surface area contributed by atoms with Gasteiger partial charge in [0.1, 0.15) is 5.75 Å². The van der Waals surface area contributed by atoms with E-state index < -0.39 is 0 Å². The first-order chi connectivity index (χ1) is 17.0. The zero-order valence-electron chi connectivity index (χ0n) is 19.1. The molecule has 0 saturated carbocycles. The largest absolute Gasteiger partial charge is 0.492 e. The first-order valence-corrected chi connectivity index (χ1v) is 12.7. The van der Waals surface area contributed by atoms with E-state index in [0.717, 1.165) is 32.4 Å². The first-order valence-electron chi connectivity index (χ1n) is 11.5. The average molecular weight is 552 g/mol. The molecule has 35 heavy (non-hydrogen) atoms. The molecule has 6 nitrogen and oxygen atoms in total. The van der Waals surface area contributed by atoms with Crippen LogP contribution in [0.15, 0.2) is 77.3 Å². The number of carbonyl (C=O) groups excluding carboxylic acids is 2. The first kappa shape index (κ1) is 24.9. The number of nitrogens with zero attached hydrogens (tertiary/aromatic N) is 1. The lowest BCUT2D eigenvalue weighted by Gasteiger charge is -2.16. The fourth-order valence-corrected chi connectivity index (χ4v) is 4.56. The molecule has 180 valence electrons. The van der Waals surface area contributed by atoms with E-state index in [1.807, 2.05) is 23.1 Å². The Kier molecular flexibility index (Phi) is 8.50. The minimum atomic E-state index is -0.344. The summed E-state index contributed by atoms with van der Waals surface area (Å²) in [6.07, 6.45) is 2.87. The van der Waals surface area contributed by atoms with Crippen molar-refractivity contribution in [2.75, 3.05) is 25.0 Å². The molecule has 0 radical (unpaired) electrons. The monoisotopic (exact) mass is 551 g/mol. The molecule has 1 fully saturated rings. The van der Waals surface area contributed by atoms with Crippen LogP contribution in [0.25, 0.3) is 0 Å². The van der Waals surface area contributed by atoms with Crippen LogP contribution in [0.3, 0.4) is 0 Å². The molecule has 0 bridgehead atoms. The zero-order valence-corrected chi connectivity index (χ0v) is 21.5. The topological polar surface area (TPSA) is 70.7 Å². The lowest BCUT2D eigenvalue weighted by molar-refractivity contribution is 0.0792. The Labute approximate surface area is 218 Å². The smallest absolute Gasteiger partial charge is 0.257 e. The SMILES string of the molecule is O=C(NC(=S)Nc1cccc(C(=O)N2CCCC2)c1)c1ccc(OCCc2ccccc2)c(Br)c1. The van der Waals surface area contributed by atoms with Crippen LogP contribution in [0.4, 0.5) is 5.69 Å². The number of carbonyl (C=O) groups is 2. The Balaban J connectivity index is 1.30. The fourth-order valence-electron chi connectivity index (χ4n) is 3.85. The molecule has 0 aromatic heterocycles. The summed E-state index contributed by atoms with van der Waals surface area (Å²) in [4.78, 5) is 27.2. The Morgan fingerprint density at radius 3 is 2.46 bits per heavy atom. The normalized spacial score (nSPS) is 12.8. The van der Waals surface area contributed by atoms with Gasteiger partial charge in [-0.1, -0.05) is 36.4 Å². The summed E-state index contributed by atoms with van der Waals surface area (Å²) in [7, 11) is 0. The number of rotatable bonds is 7. The second kappa shape index (κ2) is 12.0. The Hall–Kier alpha value is -3.23. The van der Waals surface area contributed by atoms with Crippen LogP contribution in [0, 0.1) is 0 Å². The number of halogens is 1. The van der Waals surface area contributed by atoms with E-state index in [4.69, 9.17) is 17.0 Å². The number of benzene rings is 3. The third-order valence-corrected chi connectivity index (χ3v) is 6.50. The molecule has 0 unspecified atom stereocenters. The van der Waals surface area contributed by atoms with Gasteiger partial charge in [0.05, 0.1) is 11.1 Å². The van der Waals surface area contributed by atoms with E-state index in [1.54, 1.807) is 42.5 Å². The van der Waals surface area contributed by atoms with Crippen molar-refractivity contribution >= 4 is 50.8 Å². The van der Waals surface area contributed by atoms with Crippen molar-refractivity contribution in [2.24, 2.45) is 0 Å². The van der Waals surface area contributed by atoms with Crippen molar-refractivity contribution < 1.29 is 14.3 Å². The highest BCUT2D eigenvalue weighted by atomic mass is 79.9. The van der Waals surface area contributed by atoms with Crippen molar-refractivity contribution in [2.45, 2.75) is 19.3 Å². The molecule has 3 aromatic carbocycles. The quantitative estimate of drug-likeness (QED) is 0.383. The highest BCUT2D eigenvalue weighted by Crippen LogP contribution is 2.26. The van der Waals surface area contributed by atoms with Gasteiger partial charge in [0.2, 0.25) is 0 Å². The van der Waals surface area contributed by atoms with E-state index in [2.05, 4.69) is 38.7 Å². The van der Waals surface area contributed by atoms with Crippen molar-refractivity contribution in [3.05, 3.63) is 94.0 Å². The maximum Gasteiger partial charge on any atom is 0.257 e. The van der Waals surface area contributed by atoms with Gasteiger partial charge in [-0.2, -0.15) is 0 Å². The summed E-state index contributed by atoms with van der Waals surface area (Å²) in [6, 6.07) is 22.4. The second-order valence-corrected chi connectivity index (χ2v) is 9.48. The van der Waals surface area contributed by atoms with Crippen LogP contribution in [-0.4, -0.2) is 41.5 Å². The summed E-state index contributed by atoms with van der Waals surface area (Å²) in [6.45, 7) is 2.11. The predicted molar refractivity (Wildman–Crippen MR) is 145 cm³/mol. The molecule has 2 N–H and O–H groups in total. The van der Waals surface area contributed by atoms with Crippen molar-refractivity contribution in [1.82, 2.24) is 10.2 Å². The van der Waals surface area contributed by atoms with Gasteiger partial charge in [-0.25, -0.2) is 0 Å². The van der Waals surface area contributed by atoms with Gasteiger partial charge in [0, 0.05) is 36.3 Å². The van der Waals surface area contributed by atoms with Gasteiger partial charge in [-0.3, -0.25) is 14.9 Å². The lowest BCUT2D eigenvalue weighted by atomic mass is 10.1. The maximum absolute atomic E-state index is 12.7. The Bertz CT molecular complexity index is 1210. The number of anilines is 1. The van der Waals surface area contributed by atoms with Gasteiger partial charge in [-0.15, -0.1) is 0 Å². The molecule has 0 atom stereocenters. The average Bonchev–Trinajstić information content (AvgIpc) is 3.40. The Morgan fingerprint density at radius 2 is 1.71 bits per heavy atom. The molecule has 3 aromatic rings. The zero-order chi connectivity index (χ0) is 24.6. The summed E-state index contributed by atoms with van der Waals surface area (Å²) in [5.74, 6) is 0.332. The van der Waals surface area contributed by atoms with Crippen LogP contribution in [0.5, 0.6) is 5.75 Å². The summed E-state index contributed by atoms with van der Waals surface area (Å²) < 4.78 is 6.54. The number of nitrogens with one attached hydrogen (secondary N) is 2. The standard InChI is InChI=1S/C27H26BrN3O3S/c28-23-18-20(11-12-24(23)34-16-13-19-7-2-1-3-8-19)25(32)30-27(35)29-22-10-6-9-21(17-22)26(33)31-14-4-5-15-31/h1-3,6-12,17-18H,4-5,13-16H2,(H2,29,30,32,35). The second-order valence-electron chi connectivity index (χ2n) is 8.22. The number of ether oxygens (including phenoxy) is 1. The van der Waals surface area contributed by atoms with Gasteiger partial charge < -0.3 is 15.0 Å². The van der Waals surface area contributed by atoms with Crippen LogP contribution >= 0.6 is 28.1 Å². The lowest BCUT2D eigenvalue weighted by Crippen LogP contribution is -2.34. The fraction of sp³-hybridized carbons (Fsp3) is 0.222. The van der Waals surface area contributed by atoms with Crippen molar-refractivity contribution in [3.63, 3.8) is 0 Å². The molecule has 0 aliphatic carbocycles. The minimum absolute atomic E-state index is 0.0111. The molecule has 2 amide bonds. The molecule has 1 heterocycles. The molecule has 1 aliphatic rings. The molecule has 1 saturated heterocycles. The highest BCUT2D eigenvalue weighted by molar-refractivity contribution is 9.10. The number of likely N-dealkylation sites (tertiary alicyclic amines) is 1. The van der Waals surface area contributed by atoms with Gasteiger partial charge >= 0.3 is 0 Å². The summed E-state index contributed by atoms with van der Waals surface area (Å²) in [5, 5.41) is 5.83. The third-order valence-electron chi connectivity index (χ3n) is 5.67. The van der Waals surface area contributed by atoms with Crippen LogP contribution in [-0.2, 0) is 6.42 Å². The third kappa shape index (κ3) is 6.90. The van der Waals surface area contributed by atoms with E-state index in [-0.39, 0.29) is 16.9 Å². The minimum Gasteiger partial charge on any atom is -0.492 e. The van der Waals surface area contributed by atoms with E-state index in [1.165, 1.54) is 5.56 Å². The van der Waals surface area contributed by atoms with Crippen LogP contribution in [0.1, 0.15) is 39.1 Å². The predicted octanol–water partition coefficient (Wildman–Crippen LogP) is 5.43. The summed E-state index contributed by atoms with van der Waals surface area (Å²) in [5.41, 5.74) is 2.88. The number of thiocarbonyl (C=S) groups is 1. The molecular weight excluding hydrogens is 526 g/mol. The molecule has 0 spiro atoms.